The largest absolute Gasteiger partial charge is 0.490 e. The van der Waals surface area contributed by atoms with Crippen LogP contribution >= 0.6 is 0 Å². The lowest BCUT2D eigenvalue weighted by atomic mass is 10.0. The van der Waals surface area contributed by atoms with Gasteiger partial charge in [0.2, 0.25) is 10.0 Å². The molecule has 0 radical (unpaired) electrons. The predicted octanol–water partition coefficient (Wildman–Crippen LogP) is 4.66. The van der Waals surface area contributed by atoms with E-state index in [1.807, 2.05) is 13.8 Å². The van der Waals surface area contributed by atoms with Crippen LogP contribution in [0.1, 0.15) is 73.3 Å². The van der Waals surface area contributed by atoms with E-state index < -0.39 is 34.1 Å². The second kappa shape index (κ2) is 16.1. The fourth-order valence-electron chi connectivity index (χ4n) is 5.75. The average Bonchev–Trinajstić information content (AvgIpc) is 3.56. The van der Waals surface area contributed by atoms with Gasteiger partial charge in [-0.15, -0.1) is 0 Å². The van der Waals surface area contributed by atoms with Crippen LogP contribution in [0, 0.1) is 33.6 Å². The summed E-state index contributed by atoms with van der Waals surface area (Å²) in [6.45, 7) is 12.2. The zero-order chi connectivity index (χ0) is 36.0. The van der Waals surface area contributed by atoms with E-state index >= 15 is 0 Å². The number of rotatable bonds is 8. The average molecular weight is 705 g/mol. The molecule has 1 aromatic carbocycles. The summed E-state index contributed by atoms with van der Waals surface area (Å²) in [4.78, 5) is 28.8. The molecule has 2 aromatic heterocycles. The maximum Gasteiger partial charge on any atom is 0.323 e. The van der Waals surface area contributed by atoms with Gasteiger partial charge in [0, 0.05) is 38.3 Å². The first-order valence-electron chi connectivity index (χ1n) is 16.4. The molecule has 3 aromatic rings. The molecule has 270 valence electrons. The number of likely N-dealkylation sites (N-methyl/N-ethyl adjacent to an activating group) is 1. The Morgan fingerprint density at radius 1 is 1.08 bits per heavy atom. The van der Waals surface area contributed by atoms with E-state index in [0.29, 0.717) is 48.0 Å². The first kappa shape index (κ1) is 37.8. The number of nitrogens with one attached hydrogen (secondary N) is 2. The van der Waals surface area contributed by atoms with Crippen LogP contribution in [-0.4, -0.2) is 96.6 Å². The summed E-state index contributed by atoms with van der Waals surface area (Å²) in [5, 5.41) is 23.4. The van der Waals surface area contributed by atoms with Gasteiger partial charge >= 0.3 is 6.03 Å². The molecule has 0 saturated carbocycles. The topological polar surface area (TPSA) is 190 Å². The number of fused-ring (bicyclic) bond motifs is 1. The summed E-state index contributed by atoms with van der Waals surface area (Å²) >= 11 is 0. The van der Waals surface area contributed by atoms with E-state index in [9.17, 15) is 23.1 Å². The van der Waals surface area contributed by atoms with E-state index in [2.05, 4.69) is 20.9 Å². The third kappa shape index (κ3) is 8.98. The zero-order valence-electron chi connectivity index (χ0n) is 29.4. The van der Waals surface area contributed by atoms with Crippen LogP contribution in [-0.2, 0) is 14.8 Å². The van der Waals surface area contributed by atoms with Crippen molar-refractivity contribution in [1.82, 2.24) is 19.5 Å². The van der Waals surface area contributed by atoms with Crippen LogP contribution in [0.4, 0.5) is 16.2 Å². The molecular formula is C33H48N6O9S. The predicted molar refractivity (Wildman–Crippen MR) is 181 cm³/mol. The minimum Gasteiger partial charge on any atom is -0.490 e. The molecular weight excluding hydrogens is 656 g/mol. The maximum atomic E-state index is 14.4. The fraction of sp³-hybridized carbons (Fsp3) is 0.576. The van der Waals surface area contributed by atoms with Crippen molar-refractivity contribution in [3.8, 4) is 5.75 Å². The van der Waals surface area contributed by atoms with Gasteiger partial charge in [0.25, 0.3) is 5.91 Å². The Morgan fingerprint density at radius 3 is 2.41 bits per heavy atom. The minimum absolute atomic E-state index is 0.00745. The number of carbonyl (C=O) groups excluding carboxylic acids is 2. The number of benzene rings is 1. The molecule has 0 spiro atoms. The number of aliphatic hydroxyl groups is 1. The van der Waals surface area contributed by atoms with Crippen molar-refractivity contribution in [3.05, 3.63) is 46.7 Å². The summed E-state index contributed by atoms with van der Waals surface area (Å²) in [5.74, 6) is 0.188. The number of nitrogens with zero attached hydrogens (tertiary/aromatic N) is 4. The van der Waals surface area contributed by atoms with E-state index in [4.69, 9.17) is 18.5 Å². The van der Waals surface area contributed by atoms with Crippen LogP contribution in [0.15, 0.2) is 32.1 Å². The summed E-state index contributed by atoms with van der Waals surface area (Å²) in [6.07, 6.45) is 1.31. The summed E-state index contributed by atoms with van der Waals surface area (Å²) < 4.78 is 51.2. The lowest BCUT2D eigenvalue weighted by Crippen LogP contribution is -2.48. The number of hydrogen-bond acceptors (Lipinski definition) is 11. The van der Waals surface area contributed by atoms with Crippen LogP contribution in [0.3, 0.4) is 0 Å². The van der Waals surface area contributed by atoms with Crippen molar-refractivity contribution in [2.75, 3.05) is 44.0 Å². The summed E-state index contributed by atoms with van der Waals surface area (Å²) in [6, 6.07) is 3.67. The van der Waals surface area contributed by atoms with Gasteiger partial charge in [-0.3, -0.25) is 4.79 Å². The van der Waals surface area contributed by atoms with Crippen molar-refractivity contribution >= 4 is 33.3 Å². The van der Waals surface area contributed by atoms with Gasteiger partial charge in [0.15, 0.2) is 11.5 Å². The Labute approximate surface area is 287 Å². The molecule has 3 amide bonds. The van der Waals surface area contributed by atoms with E-state index in [0.717, 1.165) is 6.42 Å². The van der Waals surface area contributed by atoms with Gasteiger partial charge in [-0.2, -0.15) is 4.31 Å². The second-order valence-corrected chi connectivity index (χ2v) is 14.7. The highest BCUT2D eigenvalue weighted by Gasteiger charge is 2.34. The lowest BCUT2D eigenvalue weighted by molar-refractivity contribution is -0.00835. The number of amides is 3. The highest BCUT2D eigenvalue weighted by Crippen LogP contribution is 2.30. The molecule has 15 nitrogen and oxygen atoms in total. The standard InChI is InChI=1S/C33H48N6O9S/c1-19-16-39(20(2)18-40)32(41)27-15-26(34-33(42)35-30-22(4)36-47-24(30)6)12-13-28(27)46-21(3)11-9-10-14-45-29(19)17-38(8)49(43,44)31-23(5)37-48-25(31)7/h12-13,15,19-21,29,40H,9-11,14,16-18H2,1-8H3,(H2,34,35,42)/t19-,20+,21+,29+/m0/s1. The number of aromatic nitrogens is 2. The molecule has 0 unspecified atom stereocenters. The number of carbonyl (C=O) groups is 2. The molecule has 1 aliphatic heterocycles. The molecule has 0 bridgehead atoms. The molecule has 0 aliphatic carbocycles. The van der Waals surface area contributed by atoms with Crippen LogP contribution in [0.5, 0.6) is 5.75 Å². The van der Waals surface area contributed by atoms with Gasteiger partial charge in [-0.25, -0.2) is 13.2 Å². The van der Waals surface area contributed by atoms with Gasteiger partial charge in [-0.1, -0.05) is 17.2 Å². The number of sulfonamides is 1. The fourth-order valence-corrected chi connectivity index (χ4v) is 7.22. The number of aryl methyl sites for hydroxylation is 4. The lowest BCUT2D eigenvalue weighted by Gasteiger charge is -2.35. The Morgan fingerprint density at radius 2 is 1.78 bits per heavy atom. The molecule has 0 fully saturated rings. The van der Waals surface area contributed by atoms with E-state index in [1.54, 1.807) is 52.8 Å². The SMILES string of the molecule is Cc1noc(C)c1NC(=O)Nc1ccc2c(c1)C(=O)N([C@H](C)CO)C[C@H](C)[C@@H](CN(C)S(=O)(=O)c1c(C)noc1C)OCCCC[C@@H](C)O2. The van der Waals surface area contributed by atoms with Gasteiger partial charge in [0.05, 0.1) is 30.4 Å². The van der Waals surface area contributed by atoms with Crippen LogP contribution < -0.4 is 15.4 Å². The maximum absolute atomic E-state index is 14.4. The minimum atomic E-state index is -3.96. The van der Waals surface area contributed by atoms with Gasteiger partial charge < -0.3 is 39.2 Å². The molecule has 4 rings (SSSR count). The zero-order valence-corrected chi connectivity index (χ0v) is 30.2. The number of aliphatic hydroxyl groups excluding tert-OH is 1. The first-order valence-corrected chi connectivity index (χ1v) is 17.8. The molecule has 0 saturated heterocycles. The quantitative estimate of drug-likeness (QED) is 0.296. The van der Waals surface area contributed by atoms with Gasteiger partial charge in [-0.05, 0) is 79.0 Å². The van der Waals surface area contributed by atoms with Crippen molar-refractivity contribution in [1.29, 1.82) is 0 Å². The Kier molecular flexibility index (Phi) is 12.5. The van der Waals surface area contributed by atoms with Crippen molar-refractivity contribution < 1.29 is 41.6 Å². The van der Waals surface area contributed by atoms with Crippen molar-refractivity contribution in [2.24, 2.45) is 5.92 Å². The highest BCUT2D eigenvalue weighted by molar-refractivity contribution is 7.89. The Hall–Kier alpha value is -3.99. The first-order chi connectivity index (χ1) is 23.1. The normalized spacial score (nSPS) is 20.3. The molecule has 3 heterocycles. The molecule has 1 aliphatic rings. The second-order valence-electron chi connectivity index (χ2n) is 12.7. The number of hydrogen-bond donors (Lipinski definition) is 3. The van der Waals surface area contributed by atoms with E-state index in [1.165, 1.54) is 16.3 Å². The molecule has 16 heteroatoms. The van der Waals surface area contributed by atoms with Gasteiger partial charge in [0.1, 0.15) is 27.7 Å². The number of ether oxygens (including phenoxy) is 2. The third-order valence-electron chi connectivity index (χ3n) is 8.65. The van der Waals surface area contributed by atoms with Crippen molar-refractivity contribution in [2.45, 2.75) is 90.9 Å². The highest BCUT2D eigenvalue weighted by atomic mass is 32.2. The third-order valence-corrected chi connectivity index (χ3v) is 10.7. The van der Waals surface area contributed by atoms with Crippen molar-refractivity contribution in [3.63, 3.8) is 0 Å². The number of anilines is 2. The van der Waals surface area contributed by atoms with Crippen LogP contribution in [0.25, 0.3) is 0 Å². The summed E-state index contributed by atoms with van der Waals surface area (Å²) in [5.41, 5.74) is 1.77. The molecule has 49 heavy (non-hydrogen) atoms. The molecule has 4 atom stereocenters. The Balaban J connectivity index is 1.64. The number of urea groups is 1. The smallest absolute Gasteiger partial charge is 0.323 e. The monoisotopic (exact) mass is 704 g/mol. The van der Waals surface area contributed by atoms with E-state index in [-0.39, 0.29) is 53.6 Å². The summed E-state index contributed by atoms with van der Waals surface area (Å²) in [7, 11) is -2.48. The Bertz CT molecular complexity index is 1680. The van der Waals surface area contributed by atoms with Crippen LogP contribution in [0.2, 0.25) is 0 Å². The molecule has 3 N–H and O–H groups in total.